The average molecular weight is 279 g/mol. The van der Waals surface area contributed by atoms with E-state index in [0.29, 0.717) is 31.2 Å². The average Bonchev–Trinajstić information content (AvgIpc) is 2.37. The maximum atomic E-state index is 11.7. The third kappa shape index (κ3) is 6.02. The lowest BCUT2D eigenvalue weighted by Gasteiger charge is -2.11. The quantitative estimate of drug-likeness (QED) is 0.754. The minimum Gasteiger partial charge on any atom is -0.482 e. The van der Waals surface area contributed by atoms with E-state index >= 15 is 0 Å². The molecule has 5 heteroatoms. The van der Waals surface area contributed by atoms with Crippen LogP contribution < -0.4 is 15.8 Å². The van der Waals surface area contributed by atoms with Crippen molar-refractivity contribution in [3.8, 4) is 5.75 Å². The number of pyridine rings is 1. The van der Waals surface area contributed by atoms with Crippen LogP contribution in [0.2, 0.25) is 0 Å². The summed E-state index contributed by atoms with van der Waals surface area (Å²) in [5.74, 6) is 1.11. The molecule has 0 unspecified atom stereocenters. The van der Waals surface area contributed by atoms with Gasteiger partial charge in [0.1, 0.15) is 5.75 Å². The molecule has 3 N–H and O–H groups in total. The summed E-state index contributed by atoms with van der Waals surface area (Å²) in [4.78, 5) is 16.0. The molecule has 1 aromatic rings. The van der Waals surface area contributed by atoms with Crippen LogP contribution in [-0.2, 0) is 11.2 Å². The van der Waals surface area contributed by atoms with Crippen molar-refractivity contribution in [2.75, 3.05) is 19.7 Å². The highest BCUT2D eigenvalue weighted by Crippen LogP contribution is 2.17. The lowest BCUT2D eigenvalue weighted by atomic mass is 10.1. The van der Waals surface area contributed by atoms with Gasteiger partial charge in [0.15, 0.2) is 6.61 Å². The first-order valence-electron chi connectivity index (χ1n) is 7.09. The zero-order valence-corrected chi connectivity index (χ0v) is 12.6. The fraction of sp³-hybridized carbons (Fsp3) is 0.600. The molecule has 1 amide bonds. The number of hydrogen-bond acceptors (Lipinski definition) is 4. The molecule has 1 aromatic heterocycles. The zero-order chi connectivity index (χ0) is 15.0. The molecule has 5 nitrogen and oxygen atoms in total. The van der Waals surface area contributed by atoms with Crippen molar-refractivity contribution in [1.82, 2.24) is 10.3 Å². The number of rotatable bonds is 8. The van der Waals surface area contributed by atoms with E-state index < -0.39 is 0 Å². The Balaban J connectivity index is 2.46. The Kier molecular flexibility index (Phi) is 7.01. The first kappa shape index (κ1) is 16.4. The van der Waals surface area contributed by atoms with E-state index in [1.807, 2.05) is 19.1 Å². The molecule has 0 radical (unpaired) electrons. The van der Waals surface area contributed by atoms with Gasteiger partial charge < -0.3 is 15.8 Å². The van der Waals surface area contributed by atoms with Crippen molar-refractivity contribution in [3.63, 3.8) is 0 Å². The van der Waals surface area contributed by atoms with E-state index in [2.05, 4.69) is 24.1 Å². The summed E-state index contributed by atoms with van der Waals surface area (Å²) in [6, 6.07) is 3.71. The van der Waals surface area contributed by atoms with Crippen LogP contribution >= 0.6 is 0 Å². The van der Waals surface area contributed by atoms with Gasteiger partial charge in [-0.05, 0) is 37.9 Å². The van der Waals surface area contributed by atoms with Crippen LogP contribution in [0.1, 0.15) is 31.7 Å². The highest BCUT2D eigenvalue weighted by Gasteiger charge is 2.08. The largest absolute Gasteiger partial charge is 0.482 e. The van der Waals surface area contributed by atoms with Crippen LogP contribution in [0.4, 0.5) is 0 Å². The zero-order valence-electron chi connectivity index (χ0n) is 12.6. The lowest BCUT2D eigenvalue weighted by Crippen LogP contribution is -2.30. The monoisotopic (exact) mass is 279 g/mol. The summed E-state index contributed by atoms with van der Waals surface area (Å²) in [7, 11) is 0. The predicted octanol–water partition coefficient (Wildman–Crippen LogP) is 1.43. The molecule has 0 aliphatic carbocycles. The number of nitrogens with zero attached hydrogens (tertiary/aromatic N) is 1. The first-order chi connectivity index (χ1) is 9.52. The Hall–Kier alpha value is -1.62. The summed E-state index contributed by atoms with van der Waals surface area (Å²) in [6.45, 7) is 7.37. The van der Waals surface area contributed by atoms with Gasteiger partial charge in [0.05, 0.1) is 5.69 Å². The SMILES string of the molecule is Cc1ccc(OCC(=O)NCCC(C)C)c(CCN)n1. The summed E-state index contributed by atoms with van der Waals surface area (Å²) >= 11 is 0. The second-order valence-electron chi connectivity index (χ2n) is 5.26. The molecule has 20 heavy (non-hydrogen) atoms. The third-order valence-electron chi connectivity index (χ3n) is 2.86. The number of aryl methyl sites for hydroxylation is 1. The number of aromatic nitrogens is 1. The van der Waals surface area contributed by atoms with Crippen molar-refractivity contribution in [1.29, 1.82) is 0 Å². The van der Waals surface area contributed by atoms with Crippen molar-refractivity contribution < 1.29 is 9.53 Å². The fourth-order valence-corrected chi connectivity index (χ4v) is 1.74. The van der Waals surface area contributed by atoms with Gasteiger partial charge in [-0.1, -0.05) is 13.8 Å². The van der Waals surface area contributed by atoms with Crippen LogP contribution in [0.3, 0.4) is 0 Å². The van der Waals surface area contributed by atoms with E-state index in [1.165, 1.54) is 0 Å². The number of nitrogens with two attached hydrogens (primary N) is 1. The highest BCUT2D eigenvalue weighted by atomic mass is 16.5. The van der Waals surface area contributed by atoms with Gasteiger partial charge in [-0.25, -0.2) is 0 Å². The van der Waals surface area contributed by atoms with Crippen molar-refractivity contribution in [2.24, 2.45) is 11.7 Å². The van der Waals surface area contributed by atoms with Gasteiger partial charge in [0, 0.05) is 18.7 Å². The number of amides is 1. The van der Waals surface area contributed by atoms with E-state index in [9.17, 15) is 4.79 Å². The van der Waals surface area contributed by atoms with E-state index in [0.717, 1.165) is 17.8 Å². The molecule has 0 aromatic carbocycles. The molecule has 0 atom stereocenters. The lowest BCUT2D eigenvalue weighted by molar-refractivity contribution is -0.123. The van der Waals surface area contributed by atoms with E-state index in [1.54, 1.807) is 0 Å². The molecule has 0 saturated carbocycles. The smallest absolute Gasteiger partial charge is 0.257 e. The molecule has 0 spiro atoms. The standard InChI is InChI=1S/C15H25N3O2/c1-11(2)7-9-17-15(19)10-20-14-5-4-12(3)18-13(14)6-8-16/h4-5,11H,6-10,16H2,1-3H3,(H,17,19). The summed E-state index contributed by atoms with van der Waals surface area (Å²) in [5.41, 5.74) is 7.28. The van der Waals surface area contributed by atoms with Gasteiger partial charge in [0.2, 0.25) is 0 Å². The summed E-state index contributed by atoms with van der Waals surface area (Å²) < 4.78 is 5.53. The van der Waals surface area contributed by atoms with Crippen molar-refractivity contribution in [2.45, 2.75) is 33.6 Å². The van der Waals surface area contributed by atoms with Crippen LogP contribution in [-0.4, -0.2) is 30.6 Å². The Labute approximate surface area is 120 Å². The maximum absolute atomic E-state index is 11.7. The molecule has 0 aliphatic rings. The molecule has 0 aliphatic heterocycles. The van der Waals surface area contributed by atoms with Crippen LogP contribution in [0.15, 0.2) is 12.1 Å². The van der Waals surface area contributed by atoms with Gasteiger partial charge in [0.25, 0.3) is 5.91 Å². The number of nitrogens with one attached hydrogen (secondary N) is 1. The molecule has 0 saturated heterocycles. The normalized spacial score (nSPS) is 10.7. The Morgan fingerprint density at radius 2 is 2.20 bits per heavy atom. The highest BCUT2D eigenvalue weighted by molar-refractivity contribution is 5.77. The van der Waals surface area contributed by atoms with E-state index in [-0.39, 0.29) is 12.5 Å². The Morgan fingerprint density at radius 3 is 2.85 bits per heavy atom. The van der Waals surface area contributed by atoms with Gasteiger partial charge in [-0.15, -0.1) is 0 Å². The van der Waals surface area contributed by atoms with E-state index in [4.69, 9.17) is 10.5 Å². The molecular weight excluding hydrogens is 254 g/mol. The number of ether oxygens (including phenoxy) is 1. The number of carbonyl (C=O) groups excluding carboxylic acids is 1. The molecular formula is C15H25N3O2. The second-order valence-corrected chi connectivity index (χ2v) is 5.26. The third-order valence-corrected chi connectivity index (χ3v) is 2.86. The summed E-state index contributed by atoms with van der Waals surface area (Å²) in [6.07, 6.45) is 1.61. The maximum Gasteiger partial charge on any atom is 0.257 e. The molecule has 0 bridgehead atoms. The molecule has 0 fully saturated rings. The molecule has 1 rings (SSSR count). The van der Waals surface area contributed by atoms with Crippen molar-refractivity contribution in [3.05, 3.63) is 23.5 Å². The van der Waals surface area contributed by atoms with Crippen LogP contribution in [0, 0.1) is 12.8 Å². The molecule has 112 valence electrons. The fourth-order valence-electron chi connectivity index (χ4n) is 1.74. The number of hydrogen-bond donors (Lipinski definition) is 2. The van der Waals surface area contributed by atoms with Gasteiger partial charge >= 0.3 is 0 Å². The minimum atomic E-state index is -0.107. The number of carbonyl (C=O) groups is 1. The van der Waals surface area contributed by atoms with Gasteiger partial charge in [-0.3, -0.25) is 9.78 Å². The topological polar surface area (TPSA) is 77.2 Å². The first-order valence-corrected chi connectivity index (χ1v) is 7.09. The van der Waals surface area contributed by atoms with Crippen LogP contribution in [0.5, 0.6) is 5.75 Å². The minimum absolute atomic E-state index is 0.0143. The molecule has 1 heterocycles. The second kappa shape index (κ2) is 8.53. The Bertz CT molecular complexity index is 433. The van der Waals surface area contributed by atoms with Crippen molar-refractivity contribution >= 4 is 5.91 Å². The predicted molar refractivity (Wildman–Crippen MR) is 79.7 cm³/mol. The summed E-state index contributed by atoms with van der Waals surface area (Å²) in [5, 5.41) is 2.84. The Morgan fingerprint density at radius 1 is 1.45 bits per heavy atom. The van der Waals surface area contributed by atoms with Gasteiger partial charge in [-0.2, -0.15) is 0 Å². The van der Waals surface area contributed by atoms with Crippen LogP contribution in [0.25, 0.3) is 0 Å².